The van der Waals surface area contributed by atoms with Gasteiger partial charge in [-0.15, -0.1) is 0 Å². The highest BCUT2D eigenvalue weighted by atomic mass is 32.2. The van der Waals surface area contributed by atoms with Gasteiger partial charge in [-0.25, -0.2) is 12.4 Å². The van der Waals surface area contributed by atoms with Crippen molar-refractivity contribution >= 4 is 20.9 Å². The lowest BCUT2D eigenvalue weighted by atomic mass is 10.2. The summed E-state index contributed by atoms with van der Waals surface area (Å²) in [5.41, 5.74) is 1.77. The smallest absolute Gasteiger partial charge is 0.268 e. The molecule has 0 bridgehead atoms. The van der Waals surface area contributed by atoms with Crippen molar-refractivity contribution < 1.29 is 13.5 Å². The lowest BCUT2D eigenvalue weighted by Crippen LogP contribution is -2.14. The number of nitrogens with zero attached hydrogens (tertiary/aromatic N) is 1. The van der Waals surface area contributed by atoms with E-state index in [-0.39, 0.29) is 10.6 Å². The van der Waals surface area contributed by atoms with Crippen LogP contribution in [0.15, 0.2) is 53.4 Å². The van der Waals surface area contributed by atoms with Gasteiger partial charge in [-0.05, 0) is 38.1 Å². The molecule has 3 rings (SSSR count). The quantitative estimate of drug-likeness (QED) is 0.790. The Hall–Kier alpha value is -2.27. The van der Waals surface area contributed by atoms with Crippen LogP contribution in [0.1, 0.15) is 11.3 Å². The maximum absolute atomic E-state index is 12.8. The van der Waals surface area contributed by atoms with E-state index in [0.717, 1.165) is 5.56 Å². The zero-order valence-corrected chi connectivity index (χ0v) is 12.6. The average molecular weight is 301 g/mol. The van der Waals surface area contributed by atoms with Crippen molar-refractivity contribution in [2.75, 3.05) is 0 Å². The van der Waals surface area contributed by atoms with Crippen LogP contribution in [0, 0.1) is 13.8 Å². The summed E-state index contributed by atoms with van der Waals surface area (Å²) in [6, 6.07) is 13.6. The van der Waals surface area contributed by atoms with Gasteiger partial charge in [0.1, 0.15) is 5.75 Å². The van der Waals surface area contributed by atoms with Crippen molar-refractivity contribution in [2.24, 2.45) is 0 Å². The van der Waals surface area contributed by atoms with E-state index >= 15 is 0 Å². The lowest BCUT2D eigenvalue weighted by Gasteiger charge is -2.09. The monoisotopic (exact) mass is 301 g/mol. The Morgan fingerprint density at radius 2 is 1.67 bits per heavy atom. The van der Waals surface area contributed by atoms with E-state index in [9.17, 15) is 13.5 Å². The Morgan fingerprint density at radius 3 is 2.33 bits per heavy atom. The molecular weight excluding hydrogens is 286 g/mol. The van der Waals surface area contributed by atoms with Gasteiger partial charge < -0.3 is 5.11 Å². The molecule has 0 unspecified atom stereocenters. The molecule has 1 aromatic heterocycles. The predicted octanol–water partition coefficient (Wildman–Crippen LogP) is 3.20. The van der Waals surface area contributed by atoms with Gasteiger partial charge in [0.15, 0.2) is 0 Å². The molecule has 0 fully saturated rings. The summed E-state index contributed by atoms with van der Waals surface area (Å²) < 4.78 is 26.8. The molecule has 0 aliphatic carbocycles. The average Bonchev–Trinajstić information content (AvgIpc) is 2.72. The fourth-order valence-corrected chi connectivity index (χ4v) is 4.07. The highest BCUT2D eigenvalue weighted by Gasteiger charge is 2.24. The Bertz CT molecular complexity index is 925. The minimum absolute atomic E-state index is 0.00760. The van der Waals surface area contributed by atoms with Crippen LogP contribution in [0.4, 0.5) is 0 Å². The molecule has 0 saturated heterocycles. The molecule has 0 aliphatic heterocycles. The highest BCUT2D eigenvalue weighted by molar-refractivity contribution is 7.90. The molecule has 2 aromatic carbocycles. The third-order valence-corrected chi connectivity index (χ3v) is 5.37. The molecule has 21 heavy (non-hydrogen) atoms. The first-order chi connectivity index (χ1) is 9.93. The lowest BCUT2D eigenvalue weighted by molar-refractivity contribution is 0.475. The first kappa shape index (κ1) is 13.7. The Labute approximate surface area is 123 Å². The molecule has 0 atom stereocenters. The van der Waals surface area contributed by atoms with E-state index in [0.29, 0.717) is 16.6 Å². The molecule has 108 valence electrons. The molecule has 0 aliphatic rings. The fraction of sp³-hybridized carbons (Fsp3) is 0.125. The summed E-state index contributed by atoms with van der Waals surface area (Å²) in [5.74, 6) is 0.00760. The topological polar surface area (TPSA) is 59.3 Å². The molecule has 5 heteroatoms. The number of benzene rings is 2. The van der Waals surface area contributed by atoms with Crippen molar-refractivity contribution in [3.8, 4) is 5.75 Å². The van der Waals surface area contributed by atoms with Gasteiger partial charge >= 0.3 is 0 Å². The molecule has 0 radical (unpaired) electrons. The van der Waals surface area contributed by atoms with Crippen LogP contribution < -0.4 is 0 Å². The number of aryl methyl sites for hydroxylation is 1. The first-order valence-electron chi connectivity index (χ1n) is 6.54. The Morgan fingerprint density at radius 1 is 1.00 bits per heavy atom. The summed E-state index contributed by atoms with van der Waals surface area (Å²) in [6.07, 6.45) is 0. The number of hydrogen-bond donors (Lipinski definition) is 1. The van der Waals surface area contributed by atoms with Gasteiger partial charge in [0, 0.05) is 5.39 Å². The minimum atomic E-state index is -3.73. The molecule has 3 aromatic rings. The van der Waals surface area contributed by atoms with Crippen molar-refractivity contribution in [3.63, 3.8) is 0 Å². The summed E-state index contributed by atoms with van der Waals surface area (Å²) >= 11 is 0. The SMILES string of the molecule is Cc1ccc2c(c1)c(O)c(C)n2S(=O)(=O)c1ccccc1. The van der Waals surface area contributed by atoms with Crippen molar-refractivity contribution in [2.45, 2.75) is 18.7 Å². The third kappa shape index (κ3) is 2.01. The van der Waals surface area contributed by atoms with E-state index in [2.05, 4.69) is 0 Å². The standard InChI is InChI=1S/C16H15NO3S/c1-11-8-9-15-14(10-11)16(18)12(2)17(15)21(19,20)13-6-4-3-5-7-13/h3-10,18H,1-2H3. The maximum atomic E-state index is 12.8. The zero-order valence-electron chi connectivity index (χ0n) is 11.7. The second-order valence-electron chi connectivity index (χ2n) is 5.04. The van der Waals surface area contributed by atoms with Crippen molar-refractivity contribution in [3.05, 3.63) is 59.8 Å². The van der Waals surface area contributed by atoms with E-state index in [4.69, 9.17) is 0 Å². The van der Waals surface area contributed by atoms with E-state index in [1.165, 1.54) is 3.97 Å². The second kappa shape index (κ2) is 4.63. The van der Waals surface area contributed by atoms with Gasteiger partial charge in [0.25, 0.3) is 10.0 Å². The van der Waals surface area contributed by atoms with Crippen LogP contribution in [-0.2, 0) is 10.0 Å². The summed E-state index contributed by atoms with van der Waals surface area (Å²) in [5, 5.41) is 10.8. The van der Waals surface area contributed by atoms with E-state index < -0.39 is 10.0 Å². The molecule has 1 heterocycles. The number of rotatable bonds is 2. The highest BCUT2D eigenvalue weighted by Crippen LogP contribution is 2.34. The summed E-state index contributed by atoms with van der Waals surface area (Å²) in [7, 11) is -3.73. The third-order valence-electron chi connectivity index (χ3n) is 3.55. The van der Waals surface area contributed by atoms with Crippen LogP contribution in [0.2, 0.25) is 0 Å². The van der Waals surface area contributed by atoms with Gasteiger partial charge in [0.05, 0.1) is 16.1 Å². The Balaban J connectivity index is 2.39. The van der Waals surface area contributed by atoms with Crippen LogP contribution in [-0.4, -0.2) is 17.5 Å². The van der Waals surface area contributed by atoms with Crippen LogP contribution in [0.25, 0.3) is 10.9 Å². The Kier molecular flexibility index (Phi) is 3.02. The van der Waals surface area contributed by atoms with Gasteiger partial charge in [-0.1, -0.05) is 29.8 Å². The maximum Gasteiger partial charge on any atom is 0.268 e. The van der Waals surface area contributed by atoms with Gasteiger partial charge in [-0.2, -0.15) is 0 Å². The van der Waals surface area contributed by atoms with Crippen LogP contribution >= 0.6 is 0 Å². The van der Waals surface area contributed by atoms with Crippen LogP contribution in [0.3, 0.4) is 0 Å². The zero-order chi connectivity index (χ0) is 15.2. The minimum Gasteiger partial charge on any atom is -0.505 e. The number of aromatic hydroxyl groups is 1. The molecule has 0 saturated carbocycles. The summed E-state index contributed by atoms with van der Waals surface area (Å²) in [4.78, 5) is 0.200. The first-order valence-corrected chi connectivity index (χ1v) is 7.98. The molecular formula is C16H15NO3S. The fourth-order valence-electron chi connectivity index (χ4n) is 2.50. The summed E-state index contributed by atoms with van der Waals surface area (Å²) in [6.45, 7) is 3.50. The molecule has 0 amide bonds. The largest absolute Gasteiger partial charge is 0.505 e. The number of aromatic nitrogens is 1. The molecule has 0 spiro atoms. The van der Waals surface area contributed by atoms with E-state index in [1.807, 2.05) is 13.0 Å². The molecule has 1 N–H and O–H groups in total. The second-order valence-corrected chi connectivity index (χ2v) is 6.82. The van der Waals surface area contributed by atoms with Crippen molar-refractivity contribution in [1.29, 1.82) is 0 Å². The van der Waals surface area contributed by atoms with Gasteiger partial charge in [-0.3, -0.25) is 0 Å². The number of hydrogen-bond acceptors (Lipinski definition) is 3. The van der Waals surface area contributed by atoms with Gasteiger partial charge in [0.2, 0.25) is 0 Å². The van der Waals surface area contributed by atoms with Crippen LogP contribution in [0.5, 0.6) is 5.75 Å². The number of fused-ring (bicyclic) bond motifs is 1. The van der Waals surface area contributed by atoms with E-state index in [1.54, 1.807) is 49.4 Å². The molecule has 4 nitrogen and oxygen atoms in total. The normalized spacial score (nSPS) is 11.9. The van der Waals surface area contributed by atoms with Crippen molar-refractivity contribution in [1.82, 2.24) is 3.97 Å². The predicted molar refractivity (Wildman–Crippen MR) is 82.1 cm³/mol.